The first-order valence-electron chi connectivity index (χ1n) is 24.7. The van der Waals surface area contributed by atoms with Crippen LogP contribution in [-0.4, -0.2) is 6.71 Å². The number of hydrogen-bond acceptors (Lipinski definition) is 3. The van der Waals surface area contributed by atoms with Crippen LogP contribution in [0.4, 0.5) is 34.1 Å². The molecule has 67 heavy (non-hydrogen) atoms. The van der Waals surface area contributed by atoms with Crippen molar-refractivity contribution in [1.82, 2.24) is 0 Å². The number of aryl methyl sites for hydroxylation is 1. The first-order valence-corrected chi connectivity index (χ1v) is 24.7. The highest BCUT2D eigenvalue weighted by Crippen LogP contribution is 2.54. The van der Waals surface area contributed by atoms with Gasteiger partial charge in [0.15, 0.2) is 0 Å². The van der Waals surface area contributed by atoms with Gasteiger partial charge < -0.3 is 14.2 Å². The van der Waals surface area contributed by atoms with Crippen LogP contribution < -0.4 is 26.4 Å². The second-order valence-electron chi connectivity index (χ2n) is 24.7. The molecular weight excluding hydrogens is 812 g/mol. The van der Waals surface area contributed by atoms with Crippen molar-refractivity contribution in [3.05, 3.63) is 161 Å². The second-order valence-corrected chi connectivity index (χ2v) is 24.7. The van der Waals surface area contributed by atoms with Crippen LogP contribution in [0.1, 0.15) is 136 Å². The SMILES string of the molecule is Cc1cc2c3c(c1)N(c1ccc(C(C)(C)C)cc1)c1c(oc4ccc(C(C)(C)C)cc14)B3c1cc(C(C)(C)C)ccc1N2c1cc2c(cc1-c1ccc3ccccc3c1)C(C)(C)CCC2(C)C. The monoisotopic (exact) mass is 879 g/mol. The van der Waals surface area contributed by atoms with Gasteiger partial charge in [0.05, 0.1) is 17.0 Å². The van der Waals surface area contributed by atoms with Gasteiger partial charge in [0.1, 0.15) is 5.58 Å². The van der Waals surface area contributed by atoms with E-state index in [4.69, 9.17) is 4.42 Å². The first kappa shape index (κ1) is 43.6. The third kappa shape index (κ3) is 6.90. The zero-order chi connectivity index (χ0) is 47.3. The van der Waals surface area contributed by atoms with Gasteiger partial charge in [-0.25, -0.2) is 0 Å². The Kier molecular flexibility index (Phi) is 9.43. The zero-order valence-corrected chi connectivity index (χ0v) is 42.4. The number of anilines is 6. The maximum Gasteiger partial charge on any atom is 0.297 e. The minimum atomic E-state index is -0.137. The van der Waals surface area contributed by atoms with Crippen LogP contribution >= 0.6 is 0 Å². The molecule has 3 heterocycles. The van der Waals surface area contributed by atoms with Crippen LogP contribution in [0.25, 0.3) is 32.9 Å². The van der Waals surface area contributed by atoms with Gasteiger partial charge in [-0.1, -0.05) is 157 Å². The van der Waals surface area contributed by atoms with Gasteiger partial charge in [0.25, 0.3) is 6.71 Å². The summed E-state index contributed by atoms with van der Waals surface area (Å²) in [4.78, 5) is 5.20. The molecule has 1 aromatic heterocycles. The molecular formula is C63H67BN2O. The van der Waals surface area contributed by atoms with E-state index in [2.05, 4.69) is 234 Å². The summed E-state index contributed by atoms with van der Waals surface area (Å²) in [5.41, 5.74) is 22.2. The van der Waals surface area contributed by atoms with E-state index in [1.165, 1.54) is 89.0 Å². The van der Waals surface area contributed by atoms with Gasteiger partial charge in [-0.3, -0.25) is 0 Å². The average Bonchev–Trinajstić information content (AvgIpc) is 3.65. The van der Waals surface area contributed by atoms with E-state index < -0.39 is 0 Å². The fraction of sp³-hybridized carbons (Fsp3) is 0.333. The van der Waals surface area contributed by atoms with Gasteiger partial charge in [0.2, 0.25) is 0 Å². The molecule has 0 saturated carbocycles. The Bertz CT molecular complexity index is 3320. The molecule has 0 radical (unpaired) electrons. The van der Waals surface area contributed by atoms with Crippen LogP contribution in [0.3, 0.4) is 0 Å². The maximum absolute atomic E-state index is 7.39. The van der Waals surface area contributed by atoms with Crippen molar-refractivity contribution in [3.63, 3.8) is 0 Å². The highest BCUT2D eigenvalue weighted by molar-refractivity contribution is 7.00. The Morgan fingerprint density at radius 3 is 1.76 bits per heavy atom. The molecule has 0 spiro atoms. The molecule has 2 aliphatic heterocycles. The predicted octanol–water partition coefficient (Wildman–Crippen LogP) is 15.9. The lowest BCUT2D eigenvalue weighted by Crippen LogP contribution is -2.61. The fourth-order valence-corrected chi connectivity index (χ4v) is 11.6. The molecule has 1 aliphatic carbocycles. The molecule has 0 amide bonds. The summed E-state index contributed by atoms with van der Waals surface area (Å²) in [5.74, 6) is 0. The third-order valence-electron chi connectivity index (χ3n) is 15.8. The van der Waals surface area contributed by atoms with Crippen molar-refractivity contribution in [2.75, 3.05) is 9.80 Å². The molecule has 0 atom stereocenters. The van der Waals surface area contributed by atoms with E-state index >= 15 is 0 Å². The van der Waals surface area contributed by atoms with E-state index in [0.29, 0.717) is 0 Å². The maximum atomic E-state index is 7.39. The molecule has 0 saturated heterocycles. The molecule has 0 fully saturated rings. The van der Waals surface area contributed by atoms with Crippen molar-refractivity contribution < 1.29 is 4.42 Å². The van der Waals surface area contributed by atoms with Crippen molar-refractivity contribution in [2.24, 2.45) is 0 Å². The molecule has 8 aromatic rings. The minimum absolute atomic E-state index is 0.00982. The summed E-state index contributed by atoms with van der Waals surface area (Å²) < 4.78 is 7.39. The smallest absolute Gasteiger partial charge is 0.297 e. The molecule has 338 valence electrons. The average molecular weight is 879 g/mol. The van der Waals surface area contributed by atoms with Gasteiger partial charge in [0, 0.05) is 33.7 Å². The van der Waals surface area contributed by atoms with Gasteiger partial charge >= 0.3 is 0 Å². The Balaban J connectivity index is 1.27. The first-order chi connectivity index (χ1) is 31.5. The third-order valence-corrected chi connectivity index (χ3v) is 15.8. The van der Waals surface area contributed by atoms with Crippen LogP contribution in [0.15, 0.2) is 132 Å². The highest BCUT2D eigenvalue weighted by Gasteiger charge is 2.48. The number of nitrogens with zero attached hydrogens (tertiary/aromatic N) is 2. The van der Waals surface area contributed by atoms with E-state index in [0.717, 1.165) is 40.8 Å². The van der Waals surface area contributed by atoms with Crippen molar-refractivity contribution in [1.29, 1.82) is 0 Å². The molecule has 0 N–H and O–H groups in total. The Hall–Kier alpha value is -6.00. The summed E-state index contributed by atoms with van der Waals surface area (Å²) in [5, 5.41) is 3.67. The van der Waals surface area contributed by atoms with Gasteiger partial charge in [-0.15, -0.1) is 0 Å². The van der Waals surface area contributed by atoms with E-state index in [1.807, 2.05) is 0 Å². The van der Waals surface area contributed by atoms with Gasteiger partial charge in [-0.2, -0.15) is 0 Å². The lowest BCUT2D eigenvalue weighted by Gasteiger charge is -2.45. The summed E-state index contributed by atoms with van der Waals surface area (Å²) in [6, 6.07) is 49.5. The number of hydrogen-bond donors (Lipinski definition) is 0. The van der Waals surface area contributed by atoms with Crippen LogP contribution in [0.5, 0.6) is 0 Å². The summed E-state index contributed by atoms with van der Waals surface area (Å²) >= 11 is 0. The molecule has 7 aromatic carbocycles. The number of fused-ring (bicyclic) bond motifs is 8. The quantitative estimate of drug-likeness (QED) is 0.165. The Labute approximate surface area is 400 Å². The van der Waals surface area contributed by atoms with Crippen molar-refractivity contribution in [3.8, 4) is 11.1 Å². The topological polar surface area (TPSA) is 19.6 Å². The van der Waals surface area contributed by atoms with Crippen LogP contribution in [0.2, 0.25) is 0 Å². The van der Waals surface area contributed by atoms with E-state index in [1.54, 1.807) is 0 Å². The van der Waals surface area contributed by atoms with Gasteiger partial charge in [-0.05, 0) is 168 Å². The molecule has 4 heteroatoms. The molecule has 3 nitrogen and oxygen atoms in total. The van der Waals surface area contributed by atoms with Crippen LogP contribution in [-0.2, 0) is 27.1 Å². The minimum Gasteiger partial charge on any atom is -0.468 e. The highest BCUT2D eigenvalue weighted by atomic mass is 16.3. The van der Waals surface area contributed by atoms with E-state index in [-0.39, 0.29) is 33.8 Å². The fourth-order valence-electron chi connectivity index (χ4n) is 11.6. The normalized spacial score (nSPS) is 16.2. The second kappa shape index (κ2) is 14.5. The number of rotatable bonds is 3. The lowest BCUT2D eigenvalue weighted by atomic mass is 9.35. The largest absolute Gasteiger partial charge is 0.468 e. The zero-order valence-electron chi connectivity index (χ0n) is 42.4. The molecule has 3 aliphatic rings. The summed E-state index contributed by atoms with van der Waals surface area (Å²) in [6.45, 7) is 32.8. The Morgan fingerprint density at radius 1 is 0.522 bits per heavy atom. The van der Waals surface area contributed by atoms with Crippen molar-refractivity contribution in [2.45, 2.75) is 137 Å². The number of furan rings is 1. The molecule has 0 unspecified atom stereocenters. The summed E-state index contributed by atoms with van der Waals surface area (Å²) in [7, 11) is 0. The predicted molar refractivity (Wildman–Crippen MR) is 289 cm³/mol. The molecule has 11 rings (SSSR count). The van der Waals surface area contributed by atoms with Crippen molar-refractivity contribution >= 4 is 79.2 Å². The number of benzene rings is 7. The van der Waals surface area contributed by atoms with Crippen LogP contribution in [0, 0.1) is 6.92 Å². The summed E-state index contributed by atoms with van der Waals surface area (Å²) in [6.07, 6.45) is 2.30. The molecule has 0 bridgehead atoms. The Morgan fingerprint density at radius 2 is 1.10 bits per heavy atom. The standard InChI is InChI=1S/C63H67BN2O/c1-38-31-53-56-54(32-38)66(52-37-49-48(62(11,12)29-30-63(49,13)14)36-46(52)41-20-19-39-17-15-16-18-40(39)33-41)51-27-23-44(61(8,9)10)35-50(51)64(56)58-57(47-34-43(60(5,6)7)24-28-55(47)67-58)65(53)45-25-21-42(22-26-45)59(2,3)4/h15-28,31-37H,29-30H2,1-14H3. The van der Waals surface area contributed by atoms with E-state index in [9.17, 15) is 0 Å². The lowest BCUT2D eigenvalue weighted by molar-refractivity contribution is 0.332.